The van der Waals surface area contributed by atoms with Gasteiger partial charge in [0.1, 0.15) is 12.4 Å². The molecule has 0 saturated heterocycles. The highest BCUT2D eigenvalue weighted by atomic mass is 16.5. The first-order chi connectivity index (χ1) is 8.67. The minimum Gasteiger partial charge on any atom is -0.497 e. The zero-order valence-corrected chi connectivity index (χ0v) is 10.3. The molecule has 0 unspecified atom stereocenters. The molecular weight excluding hydrogens is 234 g/mol. The van der Waals surface area contributed by atoms with Gasteiger partial charge in [-0.3, -0.25) is 0 Å². The Balaban J connectivity index is 2.41. The van der Waals surface area contributed by atoms with Gasteiger partial charge in [0.2, 0.25) is 0 Å². The highest BCUT2D eigenvalue weighted by Crippen LogP contribution is 2.16. The van der Waals surface area contributed by atoms with E-state index >= 15 is 0 Å². The van der Waals surface area contributed by atoms with Crippen LogP contribution in [-0.4, -0.2) is 31.5 Å². The van der Waals surface area contributed by atoms with E-state index in [9.17, 15) is 9.90 Å². The molecule has 1 amide bonds. The molecule has 18 heavy (non-hydrogen) atoms. The normalized spacial score (nSPS) is 11.4. The van der Waals surface area contributed by atoms with Crippen molar-refractivity contribution in [1.29, 1.82) is 0 Å². The number of amides is 1. The van der Waals surface area contributed by atoms with Crippen molar-refractivity contribution in [3.63, 3.8) is 0 Å². The molecule has 0 heterocycles. The number of ether oxygens (including phenoxy) is 2. The van der Waals surface area contributed by atoms with Crippen LogP contribution < -0.4 is 10.1 Å². The van der Waals surface area contributed by atoms with Crippen LogP contribution in [0.15, 0.2) is 36.9 Å². The lowest BCUT2D eigenvalue weighted by Crippen LogP contribution is -2.29. The summed E-state index contributed by atoms with van der Waals surface area (Å²) >= 11 is 0. The molecule has 5 nitrogen and oxygen atoms in total. The van der Waals surface area contributed by atoms with Gasteiger partial charge in [-0.15, -0.1) is 0 Å². The Bertz CT molecular complexity index is 388. The number of nitrogens with one attached hydrogen (secondary N) is 1. The molecule has 1 aromatic carbocycles. The van der Waals surface area contributed by atoms with E-state index in [1.807, 2.05) is 0 Å². The number of benzene rings is 1. The number of aliphatic hydroxyl groups excluding tert-OH is 1. The number of methoxy groups -OCH3 is 1. The van der Waals surface area contributed by atoms with Crippen LogP contribution in [-0.2, 0) is 4.74 Å². The number of rotatable bonds is 6. The van der Waals surface area contributed by atoms with Gasteiger partial charge < -0.3 is 19.9 Å². The van der Waals surface area contributed by atoms with E-state index in [0.717, 1.165) is 0 Å². The quantitative estimate of drug-likeness (QED) is 0.754. The number of carbonyl (C=O) groups is 1. The molecule has 1 aromatic rings. The van der Waals surface area contributed by atoms with Crippen LogP contribution in [0.4, 0.5) is 4.79 Å². The molecule has 5 heteroatoms. The van der Waals surface area contributed by atoms with Crippen molar-refractivity contribution in [1.82, 2.24) is 5.32 Å². The summed E-state index contributed by atoms with van der Waals surface area (Å²) in [6.45, 7) is 3.65. The van der Waals surface area contributed by atoms with Crippen LogP contribution >= 0.6 is 0 Å². The van der Waals surface area contributed by atoms with Gasteiger partial charge >= 0.3 is 6.09 Å². The topological polar surface area (TPSA) is 67.8 Å². The Kier molecular flexibility index (Phi) is 5.73. The van der Waals surface area contributed by atoms with Crippen LogP contribution in [0.5, 0.6) is 5.75 Å². The number of alkyl carbamates (subject to hydrolysis) is 1. The van der Waals surface area contributed by atoms with Crippen molar-refractivity contribution >= 4 is 6.09 Å². The van der Waals surface area contributed by atoms with Crippen LogP contribution in [0.2, 0.25) is 0 Å². The Morgan fingerprint density at radius 1 is 1.50 bits per heavy atom. The van der Waals surface area contributed by atoms with Gasteiger partial charge in [0, 0.05) is 0 Å². The Labute approximate surface area is 106 Å². The molecule has 0 aliphatic carbocycles. The van der Waals surface area contributed by atoms with Gasteiger partial charge in [-0.05, 0) is 17.7 Å². The lowest BCUT2D eigenvalue weighted by molar-refractivity contribution is 0.139. The number of hydrogen-bond donors (Lipinski definition) is 2. The van der Waals surface area contributed by atoms with Crippen molar-refractivity contribution in [2.45, 2.75) is 6.10 Å². The molecule has 2 N–H and O–H groups in total. The lowest BCUT2D eigenvalue weighted by Gasteiger charge is -2.12. The molecule has 0 radical (unpaired) electrons. The maximum absolute atomic E-state index is 11.1. The summed E-state index contributed by atoms with van der Waals surface area (Å²) in [5.74, 6) is 0.712. The third-order valence-electron chi connectivity index (χ3n) is 2.27. The fourth-order valence-electron chi connectivity index (χ4n) is 1.31. The number of aliphatic hydroxyl groups is 1. The summed E-state index contributed by atoms with van der Waals surface area (Å²) < 4.78 is 9.73. The fraction of sp³-hybridized carbons (Fsp3) is 0.308. The zero-order chi connectivity index (χ0) is 13.4. The first-order valence-electron chi connectivity index (χ1n) is 5.51. The van der Waals surface area contributed by atoms with E-state index in [1.165, 1.54) is 6.08 Å². The second-order valence-corrected chi connectivity index (χ2v) is 3.56. The van der Waals surface area contributed by atoms with Crippen LogP contribution in [0.25, 0.3) is 0 Å². The molecular formula is C13H17NO4. The molecule has 0 saturated carbocycles. The maximum Gasteiger partial charge on any atom is 0.407 e. The van der Waals surface area contributed by atoms with Gasteiger partial charge in [0.15, 0.2) is 0 Å². The van der Waals surface area contributed by atoms with Gasteiger partial charge in [0.25, 0.3) is 0 Å². The van der Waals surface area contributed by atoms with Gasteiger partial charge in [-0.25, -0.2) is 4.79 Å². The van der Waals surface area contributed by atoms with Crippen molar-refractivity contribution in [2.24, 2.45) is 0 Å². The third-order valence-corrected chi connectivity index (χ3v) is 2.27. The second-order valence-electron chi connectivity index (χ2n) is 3.56. The van der Waals surface area contributed by atoms with E-state index in [1.54, 1.807) is 31.4 Å². The smallest absolute Gasteiger partial charge is 0.407 e. The standard InChI is InChI=1S/C13H17NO4/c1-3-8-18-13(16)14-9-12(15)10-4-6-11(17-2)7-5-10/h3-7,12,15H,1,8-9H2,2H3,(H,14,16)/t12-/m0/s1. The van der Waals surface area contributed by atoms with E-state index in [0.29, 0.717) is 11.3 Å². The number of carbonyl (C=O) groups excluding carboxylic acids is 1. The Morgan fingerprint density at radius 2 is 2.17 bits per heavy atom. The summed E-state index contributed by atoms with van der Waals surface area (Å²) in [4.78, 5) is 11.1. The first-order valence-corrected chi connectivity index (χ1v) is 5.51. The van der Waals surface area contributed by atoms with Crippen molar-refractivity contribution in [3.8, 4) is 5.75 Å². The van der Waals surface area contributed by atoms with Gasteiger partial charge in [0.05, 0.1) is 19.8 Å². The average Bonchev–Trinajstić information content (AvgIpc) is 2.42. The van der Waals surface area contributed by atoms with E-state index in [2.05, 4.69) is 11.9 Å². The van der Waals surface area contributed by atoms with E-state index in [-0.39, 0.29) is 13.2 Å². The Morgan fingerprint density at radius 3 is 2.72 bits per heavy atom. The Hall–Kier alpha value is -2.01. The second kappa shape index (κ2) is 7.34. The maximum atomic E-state index is 11.1. The summed E-state index contributed by atoms with van der Waals surface area (Å²) in [7, 11) is 1.57. The average molecular weight is 251 g/mol. The monoisotopic (exact) mass is 251 g/mol. The van der Waals surface area contributed by atoms with Crippen LogP contribution in [0.3, 0.4) is 0 Å². The molecule has 0 bridgehead atoms. The summed E-state index contributed by atoms with van der Waals surface area (Å²) in [5.41, 5.74) is 0.694. The molecule has 0 fully saturated rings. The minimum absolute atomic E-state index is 0.0856. The van der Waals surface area contributed by atoms with Crippen molar-refractivity contribution in [3.05, 3.63) is 42.5 Å². The van der Waals surface area contributed by atoms with Gasteiger partial charge in [-0.2, -0.15) is 0 Å². The summed E-state index contributed by atoms with van der Waals surface area (Å²) in [6.07, 6.45) is 0.106. The van der Waals surface area contributed by atoms with Crippen LogP contribution in [0, 0.1) is 0 Å². The predicted octanol–water partition coefficient (Wildman–Crippen LogP) is 1.64. The number of hydrogen-bond acceptors (Lipinski definition) is 4. The molecule has 0 aromatic heterocycles. The van der Waals surface area contributed by atoms with Crippen molar-refractivity contribution < 1.29 is 19.4 Å². The fourth-order valence-corrected chi connectivity index (χ4v) is 1.31. The molecule has 0 spiro atoms. The predicted molar refractivity (Wildman–Crippen MR) is 67.5 cm³/mol. The van der Waals surface area contributed by atoms with Crippen molar-refractivity contribution in [2.75, 3.05) is 20.3 Å². The molecule has 1 rings (SSSR count). The molecule has 98 valence electrons. The van der Waals surface area contributed by atoms with E-state index < -0.39 is 12.2 Å². The zero-order valence-electron chi connectivity index (χ0n) is 10.3. The summed E-state index contributed by atoms with van der Waals surface area (Å²) in [6, 6.07) is 6.96. The van der Waals surface area contributed by atoms with E-state index in [4.69, 9.17) is 9.47 Å². The minimum atomic E-state index is -0.785. The van der Waals surface area contributed by atoms with Gasteiger partial charge in [-0.1, -0.05) is 24.8 Å². The lowest BCUT2D eigenvalue weighted by atomic mass is 10.1. The molecule has 1 atom stereocenters. The highest BCUT2D eigenvalue weighted by Gasteiger charge is 2.09. The third kappa shape index (κ3) is 4.47. The summed E-state index contributed by atoms with van der Waals surface area (Å²) in [5, 5.41) is 12.3. The molecule has 0 aliphatic rings. The highest BCUT2D eigenvalue weighted by molar-refractivity contribution is 5.67. The first kappa shape index (κ1) is 14.1. The SMILES string of the molecule is C=CCOC(=O)NC[C@H](O)c1ccc(OC)cc1. The van der Waals surface area contributed by atoms with Crippen LogP contribution in [0.1, 0.15) is 11.7 Å². The largest absolute Gasteiger partial charge is 0.497 e. The molecule has 0 aliphatic heterocycles.